The summed E-state index contributed by atoms with van der Waals surface area (Å²) in [6, 6.07) is 12.3. The van der Waals surface area contributed by atoms with Gasteiger partial charge in [0, 0.05) is 11.4 Å². The maximum absolute atomic E-state index is 11.1. The van der Waals surface area contributed by atoms with Gasteiger partial charge < -0.3 is 16.2 Å². The number of nitrogen functional groups attached to an aromatic ring is 1. The van der Waals surface area contributed by atoms with Gasteiger partial charge in [0.15, 0.2) is 0 Å². The number of benzene rings is 2. The topological polar surface area (TPSA) is 75.3 Å². The number of anilines is 3. The molecule has 0 aliphatic carbocycles. The summed E-state index contributed by atoms with van der Waals surface area (Å²) in [6.45, 7) is 1.91. The third kappa shape index (κ3) is 2.60. The van der Waals surface area contributed by atoms with Crippen LogP contribution in [0.4, 0.5) is 17.1 Å². The third-order valence-corrected chi connectivity index (χ3v) is 2.57. The number of rotatable bonds is 3. The Bertz CT molecular complexity index is 594. The van der Waals surface area contributed by atoms with Gasteiger partial charge in [-0.1, -0.05) is 12.1 Å². The molecule has 4 N–H and O–H groups in total. The van der Waals surface area contributed by atoms with Crippen LogP contribution in [0.15, 0.2) is 42.5 Å². The zero-order valence-corrected chi connectivity index (χ0v) is 9.97. The Labute approximate surface area is 105 Å². The normalized spacial score (nSPS) is 10.1. The van der Waals surface area contributed by atoms with Crippen LogP contribution in [0.3, 0.4) is 0 Å². The molecule has 0 aliphatic rings. The van der Waals surface area contributed by atoms with Crippen LogP contribution >= 0.6 is 0 Å². The van der Waals surface area contributed by atoms with Crippen LogP contribution in [-0.2, 0) is 0 Å². The minimum atomic E-state index is -0.957. The van der Waals surface area contributed by atoms with E-state index in [9.17, 15) is 4.79 Å². The average molecular weight is 242 g/mol. The Hall–Kier alpha value is -2.49. The summed E-state index contributed by atoms with van der Waals surface area (Å²) in [5, 5.41) is 12.2. The second-order valence-electron chi connectivity index (χ2n) is 4.10. The molecule has 0 atom stereocenters. The third-order valence-electron chi connectivity index (χ3n) is 2.57. The van der Waals surface area contributed by atoms with Crippen molar-refractivity contribution in [2.24, 2.45) is 0 Å². The number of carbonyl (C=O) groups is 1. The Morgan fingerprint density at radius 1 is 1.22 bits per heavy atom. The molecule has 92 valence electrons. The first-order valence-corrected chi connectivity index (χ1v) is 5.53. The van der Waals surface area contributed by atoms with E-state index in [1.54, 1.807) is 30.3 Å². The van der Waals surface area contributed by atoms with Gasteiger partial charge in [-0.15, -0.1) is 0 Å². The lowest BCUT2D eigenvalue weighted by Gasteiger charge is -2.11. The molecule has 2 rings (SSSR count). The summed E-state index contributed by atoms with van der Waals surface area (Å²) in [5.74, 6) is -0.957. The molecule has 0 heterocycles. The van der Waals surface area contributed by atoms with Crippen LogP contribution in [0.2, 0.25) is 0 Å². The van der Waals surface area contributed by atoms with Crippen LogP contribution in [0.5, 0.6) is 0 Å². The number of carboxylic acid groups (broad SMARTS) is 1. The summed E-state index contributed by atoms with van der Waals surface area (Å²) in [6.07, 6.45) is 0. The quantitative estimate of drug-likeness (QED) is 0.723. The number of aromatic carboxylic acids is 1. The van der Waals surface area contributed by atoms with Crippen molar-refractivity contribution in [3.05, 3.63) is 53.6 Å². The van der Waals surface area contributed by atoms with Crippen LogP contribution in [0.25, 0.3) is 0 Å². The van der Waals surface area contributed by atoms with Crippen molar-refractivity contribution in [3.63, 3.8) is 0 Å². The van der Waals surface area contributed by atoms with Crippen LogP contribution in [0, 0.1) is 6.92 Å². The van der Waals surface area contributed by atoms with Crippen molar-refractivity contribution < 1.29 is 9.90 Å². The maximum Gasteiger partial charge on any atom is 0.337 e. The Morgan fingerprint density at radius 2 is 2.00 bits per heavy atom. The van der Waals surface area contributed by atoms with E-state index < -0.39 is 5.97 Å². The minimum Gasteiger partial charge on any atom is -0.478 e. The summed E-state index contributed by atoms with van der Waals surface area (Å²) in [5.41, 5.74) is 8.87. The predicted molar refractivity (Wildman–Crippen MR) is 72.3 cm³/mol. The fourth-order valence-corrected chi connectivity index (χ4v) is 1.72. The van der Waals surface area contributed by atoms with Gasteiger partial charge in [-0.05, 0) is 42.8 Å². The SMILES string of the molecule is Cc1ccc(C(=O)O)c(Nc2cccc(N)c2)c1. The van der Waals surface area contributed by atoms with E-state index in [0.717, 1.165) is 11.3 Å². The highest BCUT2D eigenvalue weighted by molar-refractivity contribution is 5.95. The van der Waals surface area contributed by atoms with Gasteiger partial charge in [0.05, 0.1) is 11.3 Å². The Balaban J connectivity index is 2.39. The number of aryl methyl sites for hydroxylation is 1. The first-order valence-electron chi connectivity index (χ1n) is 5.53. The van der Waals surface area contributed by atoms with Crippen molar-refractivity contribution in [2.45, 2.75) is 6.92 Å². The van der Waals surface area contributed by atoms with Gasteiger partial charge in [-0.25, -0.2) is 4.79 Å². The molecule has 0 saturated heterocycles. The van der Waals surface area contributed by atoms with Gasteiger partial charge >= 0.3 is 5.97 Å². The zero-order valence-electron chi connectivity index (χ0n) is 9.97. The molecule has 0 aromatic heterocycles. The van der Waals surface area contributed by atoms with E-state index in [4.69, 9.17) is 10.8 Å². The molecular weight excluding hydrogens is 228 g/mol. The number of carboxylic acids is 1. The van der Waals surface area contributed by atoms with Gasteiger partial charge in [0.25, 0.3) is 0 Å². The first kappa shape index (κ1) is 12.0. The lowest BCUT2D eigenvalue weighted by atomic mass is 10.1. The second kappa shape index (κ2) is 4.79. The molecule has 0 spiro atoms. The molecule has 0 aliphatic heterocycles. The van der Waals surface area contributed by atoms with Crippen LogP contribution in [-0.4, -0.2) is 11.1 Å². The molecule has 4 nitrogen and oxygen atoms in total. The molecule has 4 heteroatoms. The van der Waals surface area contributed by atoms with Crippen molar-refractivity contribution in [1.82, 2.24) is 0 Å². The molecular formula is C14H14N2O2. The van der Waals surface area contributed by atoms with E-state index in [2.05, 4.69) is 5.32 Å². The molecule has 0 saturated carbocycles. The summed E-state index contributed by atoms with van der Waals surface area (Å²) < 4.78 is 0. The Morgan fingerprint density at radius 3 is 2.67 bits per heavy atom. The lowest BCUT2D eigenvalue weighted by Crippen LogP contribution is -2.03. The highest BCUT2D eigenvalue weighted by Crippen LogP contribution is 2.23. The van der Waals surface area contributed by atoms with Crippen molar-refractivity contribution in [2.75, 3.05) is 11.1 Å². The van der Waals surface area contributed by atoms with E-state index in [1.165, 1.54) is 0 Å². The van der Waals surface area contributed by atoms with E-state index >= 15 is 0 Å². The van der Waals surface area contributed by atoms with Gasteiger partial charge in [0.1, 0.15) is 0 Å². The number of hydrogen-bond acceptors (Lipinski definition) is 3. The van der Waals surface area contributed by atoms with E-state index in [1.807, 2.05) is 19.1 Å². The summed E-state index contributed by atoms with van der Waals surface area (Å²) in [7, 11) is 0. The predicted octanol–water partition coefficient (Wildman–Crippen LogP) is 3.02. The molecule has 0 bridgehead atoms. The standard InChI is InChI=1S/C14H14N2O2/c1-9-5-6-12(14(17)18)13(7-9)16-11-4-2-3-10(15)8-11/h2-8,16H,15H2,1H3,(H,17,18). The molecule has 0 fully saturated rings. The van der Waals surface area contributed by atoms with Crippen LogP contribution in [0.1, 0.15) is 15.9 Å². The number of hydrogen-bond donors (Lipinski definition) is 3. The monoisotopic (exact) mass is 242 g/mol. The van der Waals surface area contributed by atoms with Gasteiger partial charge in [-0.2, -0.15) is 0 Å². The molecule has 18 heavy (non-hydrogen) atoms. The van der Waals surface area contributed by atoms with Crippen molar-refractivity contribution in [3.8, 4) is 0 Å². The summed E-state index contributed by atoms with van der Waals surface area (Å²) in [4.78, 5) is 11.1. The van der Waals surface area contributed by atoms with Gasteiger partial charge in [0.2, 0.25) is 0 Å². The average Bonchev–Trinajstić information content (AvgIpc) is 2.28. The highest BCUT2D eigenvalue weighted by atomic mass is 16.4. The van der Waals surface area contributed by atoms with Gasteiger partial charge in [-0.3, -0.25) is 0 Å². The molecule has 2 aromatic rings. The summed E-state index contributed by atoms with van der Waals surface area (Å²) >= 11 is 0. The fourth-order valence-electron chi connectivity index (χ4n) is 1.72. The second-order valence-corrected chi connectivity index (χ2v) is 4.10. The molecule has 2 aromatic carbocycles. The smallest absolute Gasteiger partial charge is 0.337 e. The highest BCUT2D eigenvalue weighted by Gasteiger charge is 2.10. The molecule has 0 radical (unpaired) electrons. The largest absolute Gasteiger partial charge is 0.478 e. The van der Waals surface area contributed by atoms with Crippen LogP contribution < -0.4 is 11.1 Å². The molecule has 0 unspecified atom stereocenters. The van der Waals surface area contributed by atoms with Crippen molar-refractivity contribution >= 4 is 23.0 Å². The van der Waals surface area contributed by atoms with E-state index in [0.29, 0.717) is 11.4 Å². The zero-order chi connectivity index (χ0) is 13.1. The Kier molecular flexibility index (Phi) is 3.19. The number of nitrogens with two attached hydrogens (primary N) is 1. The van der Waals surface area contributed by atoms with Crippen molar-refractivity contribution in [1.29, 1.82) is 0 Å². The lowest BCUT2D eigenvalue weighted by molar-refractivity contribution is 0.0698. The molecule has 0 amide bonds. The number of nitrogens with one attached hydrogen (secondary N) is 1. The fraction of sp³-hybridized carbons (Fsp3) is 0.0714. The first-order chi connectivity index (χ1) is 8.56. The minimum absolute atomic E-state index is 0.239. The van der Waals surface area contributed by atoms with E-state index in [-0.39, 0.29) is 5.56 Å². The maximum atomic E-state index is 11.1.